The molecule has 2 N–H and O–H groups in total. The maximum atomic E-state index is 11.5. The number of benzene rings is 1. The SMILES string of the molecule is O=C(NCCc1ccccc1)NCCc1ccco1. The minimum absolute atomic E-state index is 0.137. The predicted octanol–water partition coefficient (Wildman–Crippen LogP) is 2.36. The first-order valence-corrected chi connectivity index (χ1v) is 6.42. The molecule has 0 spiro atoms. The van der Waals surface area contributed by atoms with E-state index in [-0.39, 0.29) is 6.03 Å². The molecule has 0 saturated heterocycles. The molecule has 0 atom stereocenters. The summed E-state index contributed by atoms with van der Waals surface area (Å²) in [4.78, 5) is 11.5. The van der Waals surface area contributed by atoms with E-state index in [0.29, 0.717) is 19.5 Å². The molecule has 0 fully saturated rings. The Labute approximate surface area is 112 Å². The Kier molecular flexibility index (Phi) is 5.05. The first-order chi connectivity index (χ1) is 9.34. The van der Waals surface area contributed by atoms with Crippen molar-refractivity contribution in [1.29, 1.82) is 0 Å². The zero-order valence-electron chi connectivity index (χ0n) is 10.8. The van der Waals surface area contributed by atoms with Crippen molar-refractivity contribution in [3.8, 4) is 0 Å². The van der Waals surface area contributed by atoms with Crippen LogP contribution in [0, 0.1) is 0 Å². The lowest BCUT2D eigenvalue weighted by molar-refractivity contribution is 0.241. The Morgan fingerprint density at radius 1 is 0.947 bits per heavy atom. The number of hydrogen-bond acceptors (Lipinski definition) is 2. The van der Waals surface area contributed by atoms with Gasteiger partial charge in [0.25, 0.3) is 0 Å². The van der Waals surface area contributed by atoms with Gasteiger partial charge >= 0.3 is 6.03 Å². The molecular weight excluding hydrogens is 240 g/mol. The molecule has 0 saturated carbocycles. The third-order valence-electron chi connectivity index (χ3n) is 2.78. The number of carbonyl (C=O) groups excluding carboxylic acids is 1. The number of nitrogens with one attached hydrogen (secondary N) is 2. The fourth-order valence-corrected chi connectivity index (χ4v) is 1.78. The fourth-order valence-electron chi connectivity index (χ4n) is 1.78. The van der Waals surface area contributed by atoms with E-state index >= 15 is 0 Å². The quantitative estimate of drug-likeness (QED) is 0.835. The van der Waals surface area contributed by atoms with E-state index < -0.39 is 0 Å². The van der Waals surface area contributed by atoms with E-state index in [1.165, 1.54) is 5.56 Å². The Morgan fingerprint density at radius 2 is 1.68 bits per heavy atom. The van der Waals surface area contributed by atoms with Crippen LogP contribution < -0.4 is 10.6 Å². The minimum Gasteiger partial charge on any atom is -0.469 e. The highest BCUT2D eigenvalue weighted by molar-refractivity contribution is 5.73. The van der Waals surface area contributed by atoms with Crippen LogP contribution in [0.5, 0.6) is 0 Å². The van der Waals surface area contributed by atoms with Gasteiger partial charge in [0.15, 0.2) is 0 Å². The summed E-state index contributed by atoms with van der Waals surface area (Å²) in [6.45, 7) is 1.21. The normalized spacial score (nSPS) is 10.1. The molecular formula is C15H18N2O2. The van der Waals surface area contributed by atoms with Crippen LogP contribution in [0.1, 0.15) is 11.3 Å². The van der Waals surface area contributed by atoms with Crippen molar-refractivity contribution < 1.29 is 9.21 Å². The maximum absolute atomic E-state index is 11.5. The van der Waals surface area contributed by atoms with Crippen LogP contribution in [-0.4, -0.2) is 19.1 Å². The van der Waals surface area contributed by atoms with Gasteiger partial charge in [-0.05, 0) is 24.1 Å². The van der Waals surface area contributed by atoms with Crippen molar-refractivity contribution in [2.75, 3.05) is 13.1 Å². The molecule has 100 valence electrons. The maximum Gasteiger partial charge on any atom is 0.314 e. The highest BCUT2D eigenvalue weighted by Crippen LogP contribution is 1.99. The molecule has 0 unspecified atom stereocenters. The van der Waals surface area contributed by atoms with E-state index in [1.807, 2.05) is 30.3 Å². The largest absolute Gasteiger partial charge is 0.469 e. The summed E-state index contributed by atoms with van der Waals surface area (Å²) in [7, 11) is 0. The van der Waals surface area contributed by atoms with E-state index in [0.717, 1.165) is 12.2 Å². The van der Waals surface area contributed by atoms with Crippen molar-refractivity contribution in [3.63, 3.8) is 0 Å². The number of rotatable bonds is 6. The molecule has 1 heterocycles. The first-order valence-electron chi connectivity index (χ1n) is 6.42. The zero-order chi connectivity index (χ0) is 13.3. The van der Waals surface area contributed by atoms with Crippen LogP contribution in [0.2, 0.25) is 0 Å². The molecule has 4 nitrogen and oxygen atoms in total. The van der Waals surface area contributed by atoms with Crippen LogP contribution in [0.4, 0.5) is 4.79 Å². The monoisotopic (exact) mass is 258 g/mol. The average Bonchev–Trinajstić information content (AvgIpc) is 2.93. The van der Waals surface area contributed by atoms with Crippen molar-refractivity contribution in [2.45, 2.75) is 12.8 Å². The van der Waals surface area contributed by atoms with E-state index in [2.05, 4.69) is 22.8 Å². The average molecular weight is 258 g/mol. The topological polar surface area (TPSA) is 54.3 Å². The minimum atomic E-state index is -0.137. The van der Waals surface area contributed by atoms with Crippen LogP contribution in [-0.2, 0) is 12.8 Å². The predicted molar refractivity (Wildman–Crippen MR) is 74.0 cm³/mol. The van der Waals surface area contributed by atoms with Gasteiger partial charge in [-0.1, -0.05) is 30.3 Å². The highest BCUT2D eigenvalue weighted by Gasteiger charge is 2.00. The summed E-state index contributed by atoms with van der Waals surface area (Å²) in [5, 5.41) is 5.63. The van der Waals surface area contributed by atoms with Gasteiger partial charge in [0, 0.05) is 19.5 Å². The summed E-state index contributed by atoms with van der Waals surface area (Å²) in [6, 6.07) is 13.7. The molecule has 2 amide bonds. The molecule has 2 rings (SSSR count). The molecule has 0 aliphatic rings. The fraction of sp³-hybridized carbons (Fsp3) is 0.267. The summed E-state index contributed by atoms with van der Waals surface area (Å²) in [5.41, 5.74) is 1.22. The molecule has 2 aromatic rings. The Bertz CT molecular complexity index is 480. The second-order valence-corrected chi connectivity index (χ2v) is 4.25. The molecule has 19 heavy (non-hydrogen) atoms. The van der Waals surface area contributed by atoms with E-state index in [4.69, 9.17) is 4.42 Å². The smallest absolute Gasteiger partial charge is 0.314 e. The van der Waals surface area contributed by atoms with Crippen molar-refractivity contribution >= 4 is 6.03 Å². The standard InChI is InChI=1S/C15H18N2O2/c18-15(17-11-9-14-7-4-12-19-14)16-10-8-13-5-2-1-3-6-13/h1-7,12H,8-11H2,(H2,16,17,18). The second kappa shape index (κ2) is 7.26. The van der Waals surface area contributed by atoms with Crippen molar-refractivity contribution in [2.24, 2.45) is 0 Å². The van der Waals surface area contributed by atoms with E-state index in [1.54, 1.807) is 6.26 Å². The Morgan fingerprint density at radius 3 is 2.37 bits per heavy atom. The highest BCUT2D eigenvalue weighted by atomic mass is 16.3. The zero-order valence-corrected chi connectivity index (χ0v) is 10.8. The lowest BCUT2D eigenvalue weighted by Crippen LogP contribution is -2.37. The van der Waals surface area contributed by atoms with Crippen molar-refractivity contribution in [1.82, 2.24) is 10.6 Å². The van der Waals surface area contributed by atoms with Crippen molar-refractivity contribution in [3.05, 3.63) is 60.1 Å². The van der Waals surface area contributed by atoms with Crippen LogP contribution in [0.25, 0.3) is 0 Å². The van der Waals surface area contributed by atoms with Gasteiger partial charge in [0.1, 0.15) is 5.76 Å². The van der Waals surface area contributed by atoms with Gasteiger partial charge < -0.3 is 15.1 Å². The number of amides is 2. The third kappa shape index (κ3) is 4.87. The number of carbonyl (C=O) groups is 1. The summed E-state index contributed by atoms with van der Waals surface area (Å²) < 4.78 is 5.18. The molecule has 1 aromatic heterocycles. The Balaban J connectivity index is 1.57. The summed E-state index contributed by atoms with van der Waals surface area (Å²) in [6.07, 6.45) is 3.18. The summed E-state index contributed by atoms with van der Waals surface area (Å²) >= 11 is 0. The molecule has 0 radical (unpaired) electrons. The van der Waals surface area contributed by atoms with Crippen LogP contribution in [0.15, 0.2) is 53.1 Å². The number of furan rings is 1. The molecule has 1 aromatic carbocycles. The second-order valence-electron chi connectivity index (χ2n) is 4.25. The third-order valence-corrected chi connectivity index (χ3v) is 2.78. The molecule has 0 aliphatic heterocycles. The first kappa shape index (κ1) is 13.2. The van der Waals surface area contributed by atoms with Crippen LogP contribution in [0.3, 0.4) is 0 Å². The van der Waals surface area contributed by atoms with Gasteiger partial charge in [-0.2, -0.15) is 0 Å². The lowest BCUT2D eigenvalue weighted by Gasteiger charge is -2.06. The van der Waals surface area contributed by atoms with Gasteiger partial charge in [-0.3, -0.25) is 0 Å². The van der Waals surface area contributed by atoms with Gasteiger partial charge in [-0.15, -0.1) is 0 Å². The van der Waals surface area contributed by atoms with E-state index in [9.17, 15) is 4.79 Å². The number of urea groups is 1. The van der Waals surface area contributed by atoms with Gasteiger partial charge in [0.05, 0.1) is 6.26 Å². The molecule has 0 aliphatic carbocycles. The number of hydrogen-bond donors (Lipinski definition) is 2. The van der Waals surface area contributed by atoms with Gasteiger partial charge in [-0.25, -0.2) is 4.79 Å². The Hall–Kier alpha value is -2.23. The van der Waals surface area contributed by atoms with Gasteiger partial charge in [0.2, 0.25) is 0 Å². The van der Waals surface area contributed by atoms with Crippen LogP contribution >= 0.6 is 0 Å². The summed E-state index contributed by atoms with van der Waals surface area (Å²) in [5.74, 6) is 0.879. The molecule has 0 bridgehead atoms. The molecule has 4 heteroatoms. The lowest BCUT2D eigenvalue weighted by atomic mass is 10.1.